The molecule has 3 N–H and O–H groups in total. The second kappa shape index (κ2) is 3.95. The lowest BCUT2D eigenvalue weighted by molar-refractivity contribution is 0.808. The number of aromatic nitrogens is 4. The third kappa shape index (κ3) is 2.22. The number of nitrogens with zero attached hydrogens (tertiary/aromatic N) is 4. The molecule has 2 rings (SSSR count). The van der Waals surface area contributed by atoms with Crippen LogP contribution in [0.25, 0.3) is 0 Å². The lowest BCUT2D eigenvalue weighted by Gasteiger charge is -2.04. The zero-order valence-electron chi connectivity index (χ0n) is 8.38. The maximum absolute atomic E-state index is 5.42. The predicted molar refractivity (Wildman–Crippen MR) is 57.0 cm³/mol. The Morgan fingerprint density at radius 3 is 2.87 bits per heavy atom. The summed E-state index contributed by atoms with van der Waals surface area (Å²) in [5.41, 5.74) is 5.42. The molecule has 0 fully saturated rings. The Labute approximate surface area is 87.2 Å². The van der Waals surface area contributed by atoms with Crippen LogP contribution >= 0.6 is 0 Å². The molecule has 15 heavy (non-hydrogen) atoms. The number of anilines is 2. The van der Waals surface area contributed by atoms with Gasteiger partial charge in [-0.3, -0.25) is 0 Å². The van der Waals surface area contributed by atoms with Crippen molar-refractivity contribution in [2.75, 3.05) is 11.1 Å². The summed E-state index contributed by atoms with van der Waals surface area (Å²) in [5.74, 6) is 2.04. The first-order valence-corrected chi connectivity index (χ1v) is 4.55. The van der Waals surface area contributed by atoms with Crippen molar-refractivity contribution < 1.29 is 0 Å². The van der Waals surface area contributed by atoms with E-state index in [0.29, 0.717) is 18.2 Å². The zero-order chi connectivity index (χ0) is 10.7. The molecule has 0 unspecified atom stereocenters. The van der Waals surface area contributed by atoms with Crippen molar-refractivity contribution in [3.05, 3.63) is 30.4 Å². The van der Waals surface area contributed by atoms with Gasteiger partial charge in [0, 0.05) is 19.4 Å². The second-order valence-electron chi connectivity index (χ2n) is 3.15. The van der Waals surface area contributed by atoms with Crippen LogP contribution in [0.2, 0.25) is 0 Å². The van der Waals surface area contributed by atoms with Crippen molar-refractivity contribution in [3.8, 4) is 0 Å². The Morgan fingerprint density at radius 2 is 2.27 bits per heavy atom. The summed E-state index contributed by atoms with van der Waals surface area (Å²) in [5, 5.41) is 10.7. The Kier molecular flexibility index (Phi) is 2.49. The minimum absolute atomic E-state index is 0.414. The van der Waals surface area contributed by atoms with E-state index < -0.39 is 0 Å². The molecule has 0 spiro atoms. The fourth-order valence-electron chi connectivity index (χ4n) is 1.17. The van der Waals surface area contributed by atoms with Crippen LogP contribution in [0.1, 0.15) is 5.82 Å². The maximum atomic E-state index is 5.42. The fraction of sp³-hybridized carbons (Fsp3) is 0.222. The van der Waals surface area contributed by atoms with E-state index in [9.17, 15) is 0 Å². The molecule has 6 heteroatoms. The molecule has 0 aliphatic carbocycles. The predicted octanol–water partition coefficient (Wildman–Crippen LogP) is 0.404. The van der Waals surface area contributed by atoms with Crippen molar-refractivity contribution in [2.45, 2.75) is 6.54 Å². The molecule has 0 aromatic carbocycles. The maximum Gasteiger partial charge on any atom is 0.149 e. The summed E-state index contributed by atoms with van der Waals surface area (Å²) in [4.78, 5) is 4.18. The molecule has 0 saturated carbocycles. The van der Waals surface area contributed by atoms with E-state index in [2.05, 4.69) is 20.5 Å². The minimum Gasteiger partial charge on any atom is -0.382 e. The molecule has 2 aromatic heterocycles. The molecule has 2 heterocycles. The highest BCUT2D eigenvalue weighted by atomic mass is 15.2. The first kappa shape index (κ1) is 9.45. The number of hydrogen-bond acceptors (Lipinski definition) is 5. The average Bonchev–Trinajstić information content (AvgIpc) is 2.63. The zero-order valence-corrected chi connectivity index (χ0v) is 8.38. The topological polar surface area (TPSA) is 81.7 Å². The molecule has 2 aromatic rings. The molecule has 0 atom stereocenters. The molecule has 0 amide bonds. The Bertz CT molecular complexity index is 432. The number of nitrogen functional groups attached to an aromatic ring is 1. The first-order chi connectivity index (χ1) is 7.25. The van der Waals surface area contributed by atoms with Gasteiger partial charge in [-0.2, -0.15) is 0 Å². The second-order valence-corrected chi connectivity index (χ2v) is 3.15. The number of nitrogens with two attached hydrogens (primary N) is 1. The van der Waals surface area contributed by atoms with Gasteiger partial charge >= 0.3 is 0 Å². The van der Waals surface area contributed by atoms with Gasteiger partial charge in [0.2, 0.25) is 0 Å². The van der Waals surface area contributed by atoms with Gasteiger partial charge < -0.3 is 15.6 Å². The Hall–Kier alpha value is -2.11. The van der Waals surface area contributed by atoms with Crippen LogP contribution in [-0.4, -0.2) is 19.7 Å². The third-order valence-electron chi connectivity index (χ3n) is 2.03. The molecule has 0 aliphatic heterocycles. The summed E-state index contributed by atoms with van der Waals surface area (Å²) < 4.78 is 1.94. The molecule has 78 valence electrons. The lowest BCUT2D eigenvalue weighted by atomic mass is 10.5. The smallest absolute Gasteiger partial charge is 0.149 e. The normalized spacial score (nSPS) is 10.2. The minimum atomic E-state index is 0.414. The van der Waals surface area contributed by atoms with E-state index in [0.717, 1.165) is 5.82 Å². The van der Waals surface area contributed by atoms with Crippen molar-refractivity contribution in [1.82, 2.24) is 19.7 Å². The average molecular weight is 204 g/mol. The van der Waals surface area contributed by atoms with Crippen LogP contribution in [0.5, 0.6) is 0 Å². The highest BCUT2D eigenvalue weighted by Crippen LogP contribution is 2.04. The summed E-state index contributed by atoms with van der Waals surface area (Å²) in [6, 6.07) is 3.49. The standard InChI is InChI=1S/C9H12N6/c1-15-5-4-11-9(15)6-12-8-3-2-7(10)13-14-8/h2-5H,6H2,1H3,(H2,10,13)(H,12,14). The van der Waals surface area contributed by atoms with E-state index in [1.807, 2.05) is 17.8 Å². The van der Waals surface area contributed by atoms with Crippen molar-refractivity contribution in [2.24, 2.45) is 7.05 Å². The number of hydrogen-bond donors (Lipinski definition) is 2. The van der Waals surface area contributed by atoms with Gasteiger partial charge in [-0.25, -0.2) is 4.98 Å². The lowest BCUT2D eigenvalue weighted by Crippen LogP contribution is -2.07. The van der Waals surface area contributed by atoms with Gasteiger partial charge in [0.1, 0.15) is 17.5 Å². The Morgan fingerprint density at radius 1 is 1.40 bits per heavy atom. The number of aryl methyl sites for hydroxylation is 1. The highest BCUT2D eigenvalue weighted by Gasteiger charge is 1.99. The van der Waals surface area contributed by atoms with E-state index in [1.54, 1.807) is 18.3 Å². The van der Waals surface area contributed by atoms with Crippen LogP contribution in [-0.2, 0) is 13.6 Å². The van der Waals surface area contributed by atoms with Crippen molar-refractivity contribution in [3.63, 3.8) is 0 Å². The number of nitrogens with one attached hydrogen (secondary N) is 1. The number of rotatable bonds is 3. The van der Waals surface area contributed by atoms with Gasteiger partial charge in [-0.15, -0.1) is 10.2 Å². The Balaban J connectivity index is 1.99. The van der Waals surface area contributed by atoms with Gasteiger partial charge in [-0.1, -0.05) is 0 Å². The quantitative estimate of drug-likeness (QED) is 0.756. The molecule has 6 nitrogen and oxygen atoms in total. The summed E-state index contributed by atoms with van der Waals surface area (Å²) in [7, 11) is 1.94. The molecular formula is C9H12N6. The molecular weight excluding hydrogens is 192 g/mol. The van der Waals surface area contributed by atoms with Gasteiger partial charge in [0.15, 0.2) is 0 Å². The first-order valence-electron chi connectivity index (χ1n) is 4.55. The van der Waals surface area contributed by atoms with Gasteiger partial charge in [-0.05, 0) is 12.1 Å². The molecule has 0 bridgehead atoms. The van der Waals surface area contributed by atoms with E-state index >= 15 is 0 Å². The van der Waals surface area contributed by atoms with Crippen molar-refractivity contribution in [1.29, 1.82) is 0 Å². The van der Waals surface area contributed by atoms with Crippen molar-refractivity contribution >= 4 is 11.6 Å². The SMILES string of the molecule is Cn1ccnc1CNc1ccc(N)nn1. The van der Waals surface area contributed by atoms with E-state index in [4.69, 9.17) is 5.73 Å². The molecule has 0 radical (unpaired) electrons. The fourth-order valence-corrected chi connectivity index (χ4v) is 1.17. The van der Waals surface area contributed by atoms with Crippen LogP contribution in [0.3, 0.4) is 0 Å². The third-order valence-corrected chi connectivity index (χ3v) is 2.03. The summed E-state index contributed by atoms with van der Waals surface area (Å²) >= 11 is 0. The van der Waals surface area contributed by atoms with Crippen LogP contribution in [0.4, 0.5) is 11.6 Å². The van der Waals surface area contributed by atoms with Gasteiger partial charge in [0.25, 0.3) is 0 Å². The van der Waals surface area contributed by atoms with E-state index in [1.165, 1.54) is 0 Å². The monoisotopic (exact) mass is 204 g/mol. The summed E-state index contributed by atoms with van der Waals surface area (Å²) in [6.07, 6.45) is 3.65. The van der Waals surface area contributed by atoms with Crippen LogP contribution in [0, 0.1) is 0 Å². The number of imidazole rings is 1. The van der Waals surface area contributed by atoms with Crippen LogP contribution in [0.15, 0.2) is 24.5 Å². The summed E-state index contributed by atoms with van der Waals surface area (Å²) in [6.45, 7) is 0.613. The molecule has 0 saturated heterocycles. The largest absolute Gasteiger partial charge is 0.382 e. The van der Waals surface area contributed by atoms with Gasteiger partial charge in [0.05, 0.1) is 6.54 Å². The highest BCUT2D eigenvalue weighted by molar-refractivity contribution is 5.38. The molecule has 0 aliphatic rings. The van der Waals surface area contributed by atoms with Crippen LogP contribution < -0.4 is 11.1 Å². The van der Waals surface area contributed by atoms with E-state index in [-0.39, 0.29) is 0 Å².